The van der Waals surface area contributed by atoms with Crippen LogP contribution in [0.15, 0.2) is 58.4 Å². The lowest BCUT2D eigenvalue weighted by atomic mass is 10.2. The quantitative estimate of drug-likeness (QED) is 0.562. The van der Waals surface area contributed by atoms with E-state index in [1.807, 2.05) is 24.3 Å². The van der Waals surface area contributed by atoms with Gasteiger partial charge in [0.1, 0.15) is 5.75 Å². The van der Waals surface area contributed by atoms with E-state index in [1.54, 1.807) is 51.4 Å². The average molecular weight is 396 g/mol. The first-order valence-electron chi connectivity index (χ1n) is 8.70. The zero-order chi connectivity index (χ0) is 20.1. The van der Waals surface area contributed by atoms with Gasteiger partial charge < -0.3 is 9.47 Å². The maximum absolute atomic E-state index is 12.6. The number of aliphatic imine (C=N–C) groups is 1. The monoisotopic (exact) mass is 396 g/mol. The van der Waals surface area contributed by atoms with E-state index in [9.17, 15) is 9.59 Å². The molecule has 144 valence electrons. The zero-order valence-corrected chi connectivity index (χ0v) is 16.7. The van der Waals surface area contributed by atoms with Crippen LogP contribution in [-0.4, -0.2) is 42.7 Å². The van der Waals surface area contributed by atoms with Crippen molar-refractivity contribution in [2.24, 2.45) is 4.99 Å². The van der Waals surface area contributed by atoms with E-state index in [0.717, 1.165) is 5.56 Å². The molecule has 1 aliphatic rings. The number of carbonyl (C=O) groups is 2. The van der Waals surface area contributed by atoms with Crippen LogP contribution in [0.2, 0.25) is 0 Å². The summed E-state index contributed by atoms with van der Waals surface area (Å²) >= 11 is 1.29. The van der Waals surface area contributed by atoms with Crippen molar-refractivity contribution in [2.45, 2.75) is 6.92 Å². The number of thioether (sulfide) groups is 1. The number of likely N-dealkylation sites (N-methyl/N-ethyl adjacent to an activating group) is 1. The van der Waals surface area contributed by atoms with Gasteiger partial charge in [0, 0.05) is 12.6 Å². The largest absolute Gasteiger partial charge is 0.496 e. The fourth-order valence-electron chi connectivity index (χ4n) is 2.58. The van der Waals surface area contributed by atoms with Gasteiger partial charge in [0.25, 0.3) is 5.91 Å². The summed E-state index contributed by atoms with van der Waals surface area (Å²) in [6.07, 6.45) is 1.80. The molecule has 1 fully saturated rings. The molecule has 0 bridgehead atoms. The molecule has 0 unspecified atom stereocenters. The Morgan fingerprint density at radius 1 is 1.18 bits per heavy atom. The van der Waals surface area contributed by atoms with Gasteiger partial charge in [-0.3, -0.25) is 9.69 Å². The van der Waals surface area contributed by atoms with Gasteiger partial charge in [-0.15, -0.1) is 0 Å². The summed E-state index contributed by atoms with van der Waals surface area (Å²) in [6, 6.07) is 14.3. The molecule has 0 radical (unpaired) electrons. The van der Waals surface area contributed by atoms with E-state index in [-0.39, 0.29) is 11.9 Å². The van der Waals surface area contributed by atoms with Crippen molar-refractivity contribution in [2.75, 3.05) is 20.8 Å². The first-order valence-corrected chi connectivity index (χ1v) is 9.51. The molecule has 3 rings (SSSR count). The number of esters is 1. The number of hydrogen-bond acceptors (Lipinski definition) is 6. The molecule has 6 nitrogen and oxygen atoms in total. The first kappa shape index (κ1) is 19.7. The summed E-state index contributed by atoms with van der Waals surface area (Å²) in [5.41, 5.74) is 1.94. The second kappa shape index (κ2) is 8.75. The van der Waals surface area contributed by atoms with E-state index >= 15 is 0 Å². The molecular weight excluding hydrogens is 376 g/mol. The molecule has 28 heavy (non-hydrogen) atoms. The number of nitrogens with zero attached hydrogens (tertiary/aromatic N) is 2. The predicted octanol–water partition coefficient (Wildman–Crippen LogP) is 4.11. The highest BCUT2D eigenvalue weighted by molar-refractivity contribution is 8.18. The Labute approximate surface area is 167 Å². The molecule has 2 aromatic rings. The Bertz CT molecular complexity index is 951. The molecule has 1 aliphatic heterocycles. The normalized spacial score (nSPS) is 16.7. The van der Waals surface area contributed by atoms with Gasteiger partial charge in [0.05, 0.1) is 29.9 Å². The van der Waals surface area contributed by atoms with Gasteiger partial charge in [-0.25, -0.2) is 9.79 Å². The number of methoxy groups -OCH3 is 1. The van der Waals surface area contributed by atoms with Crippen LogP contribution >= 0.6 is 11.8 Å². The summed E-state index contributed by atoms with van der Waals surface area (Å²) in [5, 5.41) is 0.565. The molecule has 7 heteroatoms. The summed E-state index contributed by atoms with van der Waals surface area (Å²) < 4.78 is 10.3. The lowest BCUT2D eigenvalue weighted by molar-refractivity contribution is -0.121. The van der Waals surface area contributed by atoms with Crippen molar-refractivity contribution in [1.29, 1.82) is 0 Å². The molecule has 2 aromatic carbocycles. The van der Waals surface area contributed by atoms with Crippen molar-refractivity contribution >= 4 is 40.6 Å². The third-order valence-corrected chi connectivity index (χ3v) is 5.09. The molecule has 0 aromatic heterocycles. The lowest BCUT2D eigenvalue weighted by Crippen LogP contribution is -2.23. The number of carbonyl (C=O) groups excluding carboxylic acids is 2. The van der Waals surface area contributed by atoms with Crippen LogP contribution in [0.3, 0.4) is 0 Å². The Morgan fingerprint density at radius 2 is 1.89 bits per heavy atom. The summed E-state index contributed by atoms with van der Waals surface area (Å²) in [7, 11) is 3.28. The van der Waals surface area contributed by atoms with Crippen LogP contribution in [0.5, 0.6) is 5.75 Å². The molecule has 0 N–H and O–H groups in total. The Balaban J connectivity index is 1.83. The number of ether oxygens (including phenoxy) is 2. The van der Waals surface area contributed by atoms with E-state index in [2.05, 4.69) is 4.99 Å². The third-order valence-electron chi connectivity index (χ3n) is 4.03. The van der Waals surface area contributed by atoms with Gasteiger partial charge in [-0.05, 0) is 55.1 Å². The average Bonchev–Trinajstić information content (AvgIpc) is 2.97. The maximum atomic E-state index is 12.6. The number of hydrogen-bond donors (Lipinski definition) is 0. The molecule has 0 spiro atoms. The van der Waals surface area contributed by atoms with E-state index in [0.29, 0.717) is 33.7 Å². The zero-order valence-electron chi connectivity index (χ0n) is 15.8. The Kier molecular flexibility index (Phi) is 6.16. The summed E-state index contributed by atoms with van der Waals surface area (Å²) in [5.74, 6) is 0.204. The fraction of sp³-hybridized carbons (Fsp3) is 0.190. The van der Waals surface area contributed by atoms with Crippen molar-refractivity contribution in [3.05, 3.63) is 64.6 Å². The van der Waals surface area contributed by atoms with E-state index < -0.39 is 0 Å². The third kappa shape index (κ3) is 4.26. The Morgan fingerprint density at radius 3 is 2.57 bits per heavy atom. The molecular formula is C21H20N2O4S. The molecule has 0 atom stereocenters. The Hall–Kier alpha value is -3.06. The van der Waals surface area contributed by atoms with Crippen molar-refractivity contribution in [3.8, 4) is 5.75 Å². The highest BCUT2D eigenvalue weighted by Crippen LogP contribution is 2.34. The van der Waals surface area contributed by atoms with Gasteiger partial charge in [-0.2, -0.15) is 0 Å². The van der Waals surface area contributed by atoms with Crippen LogP contribution in [-0.2, 0) is 9.53 Å². The van der Waals surface area contributed by atoms with Crippen molar-refractivity contribution < 1.29 is 19.1 Å². The number of amides is 1. The SMILES string of the molecule is CCOC(=O)c1ccc(N=C2SC(=Cc3ccccc3OC)C(=O)N2C)cc1. The molecule has 0 saturated carbocycles. The van der Waals surface area contributed by atoms with Crippen molar-refractivity contribution in [3.63, 3.8) is 0 Å². The minimum Gasteiger partial charge on any atom is -0.496 e. The standard InChI is InChI=1S/C21H20N2O4S/c1-4-27-20(25)14-9-11-16(12-10-14)22-21-23(2)19(24)18(28-21)13-15-7-5-6-8-17(15)26-3/h5-13H,4H2,1-3H3. The molecule has 0 aliphatic carbocycles. The van der Waals surface area contributed by atoms with Gasteiger partial charge >= 0.3 is 5.97 Å². The smallest absolute Gasteiger partial charge is 0.338 e. The summed E-state index contributed by atoms with van der Waals surface area (Å²) in [6.45, 7) is 2.09. The summed E-state index contributed by atoms with van der Waals surface area (Å²) in [4.78, 5) is 30.9. The topological polar surface area (TPSA) is 68.2 Å². The minimum atomic E-state index is -0.369. The lowest BCUT2D eigenvalue weighted by Gasteiger charge is -2.07. The second-order valence-electron chi connectivity index (χ2n) is 5.88. The van der Waals surface area contributed by atoms with Crippen LogP contribution in [0.25, 0.3) is 6.08 Å². The minimum absolute atomic E-state index is 0.127. The van der Waals surface area contributed by atoms with Crippen LogP contribution in [0.1, 0.15) is 22.8 Å². The van der Waals surface area contributed by atoms with Crippen LogP contribution < -0.4 is 4.74 Å². The maximum Gasteiger partial charge on any atom is 0.338 e. The molecule has 1 heterocycles. The highest BCUT2D eigenvalue weighted by atomic mass is 32.2. The van der Waals surface area contributed by atoms with Gasteiger partial charge in [0.15, 0.2) is 5.17 Å². The van der Waals surface area contributed by atoms with E-state index in [4.69, 9.17) is 9.47 Å². The van der Waals surface area contributed by atoms with Crippen LogP contribution in [0, 0.1) is 0 Å². The number of benzene rings is 2. The second-order valence-corrected chi connectivity index (χ2v) is 6.89. The van der Waals surface area contributed by atoms with Gasteiger partial charge in [-0.1, -0.05) is 18.2 Å². The van der Waals surface area contributed by atoms with Gasteiger partial charge in [0.2, 0.25) is 0 Å². The fourth-order valence-corrected chi connectivity index (χ4v) is 3.55. The number of para-hydroxylation sites is 1. The number of rotatable bonds is 5. The highest BCUT2D eigenvalue weighted by Gasteiger charge is 2.30. The predicted molar refractivity (Wildman–Crippen MR) is 111 cm³/mol. The van der Waals surface area contributed by atoms with Crippen molar-refractivity contribution in [1.82, 2.24) is 4.90 Å². The molecule has 1 amide bonds. The van der Waals surface area contributed by atoms with E-state index in [1.165, 1.54) is 16.7 Å². The number of amidine groups is 1. The first-order chi connectivity index (χ1) is 13.5. The molecule has 1 saturated heterocycles. The van der Waals surface area contributed by atoms with Crippen LogP contribution in [0.4, 0.5) is 5.69 Å².